The highest BCUT2D eigenvalue weighted by molar-refractivity contribution is 6.52. The molecule has 1 amide bonds. The fourth-order valence-corrected chi connectivity index (χ4v) is 2.22. The van der Waals surface area contributed by atoms with Crippen LogP contribution in [0.5, 0.6) is 0 Å². The van der Waals surface area contributed by atoms with Crippen molar-refractivity contribution in [3.05, 3.63) is 41.0 Å². The summed E-state index contributed by atoms with van der Waals surface area (Å²) in [6, 6.07) is 3.78. The van der Waals surface area contributed by atoms with E-state index in [2.05, 4.69) is 0 Å². The molecule has 17 heavy (non-hydrogen) atoms. The number of carbonyl (C=O) groups excluding carboxylic acids is 2. The molecule has 3 nitrogen and oxygen atoms in total. The van der Waals surface area contributed by atoms with Crippen molar-refractivity contribution in [3.8, 4) is 0 Å². The van der Waals surface area contributed by atoms with E-state index in [-0.39, 0.29) is 0 Å². The Bertz CT molecular complexity index is 529. The Kier molecular flexibility index (Phi) is 2.84. The molecule has 0 atom stereocenters. The molecule has 88 valence electrons. The third kappa shape index (κ3) is 1.78. The zero-order valence-electron chi connectivity index (χ0n) is 10.3. The van der Waals surface area contributed by atoms with E-state index in [1.54, 1.807) is 11.0 Å². The van der Waals surface area contributed by atoms with Crippen LogP contribution in [0.2, 0.25) is 0 Å². The van der Waals surface area contributed by atoms with Crippen molar-refractivity contribution in [2.45, 2.75) is 20.8 Å². The number of carbonyl (C=O) groups is 2. The van der Waals surface area contributed by atoms with Crippen LogP contribution in [0.25, 0.3) is 0 Å². The molecule has 0 saturated carbocycles. The first-order valence-electron chi connectivity index (χ1n) is 5.65. The molecular weight excluding hydrogens is 214 g/mol. The molecule has 0 aromatic heterocycles. The van der Waals surface area contributed by atoms with E-state index in [9.17, 15) is 9.59 Å². The Balaban J connectivity index is 2.56. The van der Waals surface area contributed by atoms with Gasteiger partial charge in [0.25, 0.3) is 11.7 Å². The maximum Gasteiger partial charge on any atom is 0.299 e. The number of fused-ring (bicyclic) bond motifs is 1. The predicted molar refractivity (Wildman–Crippen MR) is 67.4 cm³/mol. The Morgan fingerprint density at radius 2 is 1.94 bits per heavy atom. The molecule has 0 unspecified atom stereocenters. The van der Waals surface area contributed by atoms with Gasteiger partial charge in [-0.15, -0.1) is 0 Å². The van der Waals surface area contributed by atoms with E-state index in [4.69, 9.17) is 0 Å². The molecule has 2 rings (SSSR count). The van der Waals surface area contributed by atoms with Gasteiger partial charge in [0, 0.05) is 6.54 Å². The normalized spacial score (nSPS) is 14.9. The van der Waals surface area contributed by atoms with Crippen LogP contribution in [-0.2, 0) is 4.79 Å². The number of nitrogens with zero attached hydrogens (tertiary/aromatic N) is 1. The SMILES string of the molecule is C/C=C/CN1C(=O)C(=O)c2cc(C)cc(C)c21. The third-order valence-electron chi connectivity index (χ3n) is 2.92. The number of amides is 1. The number of ketones is 1. The van der Waals surface area contributed by atoms with E-state index in [0.717, 1.165) is 16.8 Å². The number of aryl methyl sites for hydroxylation is 2. The lowest BCUT2D eigenvalue weighted by Crippen LogP contribution is -2.30. The topological polar surface area (TPSA) is 37.4 Å². The number of hydrogen-bond donors (Lipinski definition) is 0. The summed E-state index contributed by atoms with van der Waals surface area (Å²) in [5, 5.41) is 0. The number of hydrogen-bond acceptors (Lipinski definition) is 2. The first kappa shape index (κ1) is 11.6. The highest BCUT2D eigenvalue weighted by Crippen LogP contribution is 2.33. The maximum atomic E-state index is 11.9. The molecule has 1 aliphatic heterocycles. The number of rotatable bonds is 2. The molecule has 0 bridgehead atoms. The summed E-state index contributed by atoms with van der Waals surface area (Å²) >= 11 is 0. The molecule has 1 aromatic rings. The van der Waals surface area contributed by atoms with E-state index in [1.165, 1.54) is 0 Å². The molecule has 0 spiro atoms. The average molecular weight is 229 g/mol. The van der Waals surface area contributed by atoms with Crippen molar-refractivity contribution in [2.24, 2.45) is 0 Å². The van der Waals surface area contributed by atoms with Gasteiger partial charge in [-0.2, -0.15) is 0 Å². The first-order chi connectivity index (χ1) is 8.06. The lowest BCUT2D eigenvalue weighted by Gasteiger charge is -2.16. The molecule has 0 fully saturated rings. The second kappa shape index (κ2) is 4.17. The molecule has 1 heterocycles. The van der Waals surface area contributed by atoms with Gasteiger partial charge in [0.1, 0.15) is 0 Å². The number of benzene rings is 1. The molecule has 0 N–H and O–H groups in total. The van der Waals surface area contributed by atoms with Crippen molar-refractivity contribution >= 4 is 17.4 Å². The van der Waals surface area contributed by atoms with E-state index < -0.39 is 11.7 Å². The molecule has 0 aliphatic carbocycles. The van der Waals surface area contributed by atoms with Crippen LogP contribution < -0.4 is 4.90 Å². The standard InChI is InChI=1S/C14H15NO2/c1-4-5-6-15-12-10(3)7-9(2)8-11(12)13(16)14(15)17/h4-5,7-8H,6H2,1-3H3/b5-4+. The van der Waals surface area contributed by atoms with Crippen LogP contribution in [0.15, 0.2) is 24.3 Å². The first-order valence-corrected chi connectivity index (χ1v) is 5.65. The van der Waals surface area contributed by atoms with Gasteiger partial charge in [-0.1, -0.05) is 18.2 Å². The zero-order valence-corrected chi connectivity index (χ0v) is 10.3. The van der Waals surface area contributed by atoms with Gasteiger partial charge in [0.15, 0.2) is 0 Å². The van der Waals surface area contributed by atoms with Gasteiger partial charge in [0.05, 0.1) is 11.3 Å². The predicted octanol–water partition coefficient (Wildman–Crippen LogP) is 2.41. The minimum atomic E-state index is -0.424. The molecule has 0 saturated heterocycles. The van der Waals surface area contributed by atoms with E-state index in [0.29, 0.717) is 12.1 Å². The minimum absolute atomic E-state index is 0.392. The molecule has 1 aromatic carbocycles. The van der Waals surface area contributed by atoms with Crippen molar-refractivity contribution < 1.29 is 9.59 Å². The minimum Gasteiger partial charge on any atom is -0.301 e. The molecule has 3 heteroatoms. The maximum absolute atomic E-state index is 11.9. The van der Waals surface area contributed by atoms with Gasteiger partial charge in [-0.25, -0.2) is 0 Å². The average Bonchev–Trinajstić information content (AvgIpc) is 2.51. The lowest BCUT2D eigenvalue weighted by atomic mass is 10.0. The summed E-state index contributed by atoms with van der Waals surface area (Å²) in [5.74, 6) is -0.817. The van der Waals surface area contributed by atoms with Crippen LogP contribution in [0.3, 0.4) is 0 Å². The fraction of sp³-hybridized carbons (Fsp3) is 0.286. The molecule has 1 aliphatic rings. The number of Topliss-reactive ketones (excluding diaryl/α,β-unsaturated/α-hetero) is 1. The number of allylic oxidation sites excluding steroid dienone is 1. The van der Waals surface area contributed by atoms with Crippen LogP contribution >= 0.6 is 0 Å². The van der Waals surface area contributed by atoms with E-state index in [1.807, 2.05) is 39.0 Å². The Hall–Kier alpha value is -1.90. The molecular formula is C14H15NO2. The highest BCUT2D eigenvalue weighted by Gasteiger charge is 2.36. The summed E-state index contributed by atoms with van der Waals surface area (Å²) in [6.45, 7) is 6.21. The Labute approximate surface area is 101 Å². The van der Waals surface area contributed by atoms with Gasteiger partial charge in [0.2, 0.25) is 0 Å². The Morgan fingerprint density at radius 1 is 1.24 bits per heavy atom. The Morgan fingerprint density at radius 3 is 2.59 bits per heavy atom. The van der Waals surface area contributed by atoms with Crippen LogP contribution in [0.1, 0.15) is 28.4 Å². The monoisotopic (exact) mass is 229 g/mol. The second-order valence-electron chi connectivity index (χ2n) is 4.29. The van der Waals surface area contributed by atoms with Gasteiger partial charge in [-0.3, -0.25) is 9.59 Å². The number of anilines is 1. The van der Waals surface area contributed by atoms with Crippen molar-refractivity contribution in [2.75, 3.05) is 11.4 Å². The van der Waals surface area contributed by atoms with Gasteiger partial charge >= 0.3 is 0 Å². The van der Waals surface area contributed by atoms with Crippen molar-refractivity contribution in [3.63, 3.8) is 0 Å². The summed E-state index contributed by atoms with van der Waals surface area (Å²) in [7, 11) is 0. The second-order valence-corrected chi connectivity index (χ2v) is 4.29. The summed E-state index contributed by atoms with van der Waals surface area (Å²) < 4.78 is 0. The fourth-order valence-electron chi connectivity index (χ4n) is 2.22. The van der Waals surface area contributed by atoms with Crippen LogP contribution in [0, 0.1) is 13.8 Å². The summed E-state index contributed by atoms with van der Waals surface area (Å²) in [5.41, 5.74) is 3.29. The highest BCUT2D eigenvalue weighted by atomic mass is 16.2. The van der Waals surface area contributed by atoms with Gasteiger partial charge < -0.3 is 4.90 Å². The van der Waals surface area contributed by atoms with Crippen molar-refractivity contribution in [1.82, 2.24) is 0 Å². The smallest absolute Gasteiger partial charge is 0.299 e. The largest absolute Gasteiger partial charge is 0.301 e. The van der Waals surface area contributed by atoms with Gasteiger partial charge in [-0.05, 0) is 38.0 Å². The van der Waals surface area contributed by atoms with E-state index >= 15 is 0 Å². The zero-order chi connectivity index (χ0) is 12.6. The summed E-state index contributed by atoms with van der Waals surface area (Å²) in [6.07, 6.45) is 3.75. The molecule has 0 radical (unpaired) electrons. The third-order valence-corrected chi connectivity index (χ3v) is 2.92. The van der Waals surface area contributed by atoms with Crippen molar-refractivity contribution in [1.29, 1.82) is 0 Å². The van der Waals surface area contributed by atoms with Crippen LogP contribution in [0.4, 0.5) is 5.69 Å². The lowest BCUT2D eigenvalue weighted by molar-refractivity contribution is -0.114. The van der Waals surface area contributed by atoms with Crippen LogP contribution in [-0.4, -0.2) is 18.2 Å². The quantitative estimate of drug-likeness (QED) is 0.577. The summed E-state index contributed by atoms with van der Waals surface area (Å²) in [4.78, 5) is 25.3.